The van der Waals surface area contributed by atoms with Gasteiger partial charge in [0.2, 0.25) is 0 Å². The fourth-order valence-electron chi connectivity index (χ4n) is 4.34. The molecule has 200 valence electrons. The fourth-order valence-corrected chi connectivity index (χ4v) is 4.34. The largest absolute Gasteiger partial charge is 0.416 e. The lowest BCUT2D eigenvalue weighted by atomic mass is 10.0. The molecule has 0 aliphatic carbocycles. The number of hydrogen-bond donors (Lipinski definition) is 2. The van der Waals surface area contributed by atoms with E-state index in [1.54, 1.807) is 24.3 Å². The minimum Gasteiger partial charge on any atom is -0.328 e. The van der Waals surface area contributed by atoms with Crippen molar-refractivity contribution in [1.82, 2.24) is 9.80 Å². The van der Waals surface area contributed by atoms with Gasteiger partial charge >= 0.3 is 12.4 Å². The summed E-state index contributed by atoms with van der Waals surface area (Å²) in [5.41, 5.74) is 12.3. The number of nitrogens with two attached hydrogens (primary N) is 2. The summed E-state index contributed by atoms with van der Waals surface area (Å²) in [5.74, 6) is 0. The number of likely N-dealkylation sites (tertiary alicyclic amines) is 2. The van der Waals surface area contributed by atoms with Crippen LogP contribution in [0.1, 0.15) is 47.9 Å². The molecule has 2 aromatic rings. The van der Waals surface area contributed by atoms with E-state index in [2.05, 4.69) is 9.80 Å². The normalized spacial score (nSPS) is 19.1. The Morgan fingerprint density at radius 2 is 0.833 bits per heavy atom. The first-order valence-electron chi connectivity index (χ1n) is 12.2. The highest BCUT2D eigenvalue weighted by molar-refractivity contribution is 5.25. The van der Waals surface area contributed by atoms with Gasteiger partial charge in [0.1, 0.15) is 0 Å². The van der Waals surface area contributed by atoms with Crippen molar-refractivity contribution in [3.05, 3.63) is 70.8 Å². The van der Waals surface area contributed by atoms with Gasteiger partial charge < -0.3 is 11.5 Å². The van der Waals surface area contributed by atoms with Gasteiger partial charge in [-0.3, -0.25) is 9.80 Å². The van der Waals surface area contributed by atoms with E-state index >= 15 is 0 Å². The van der Waals surface area contributed by atoms with Crippen molar-refractivity contribution >= 4 is 0 Å². The highest BCUT2D eigenvalue weighted by Crippen LogP contribution is 2.30. The Hall–Kier alpha value is -2.14. The van der Waals surface area contributed by atoms with Gasteiger partial charge in [-0.1, -0.05) is 24.3 Å². The van der Waals surface area contributed by atoms with Crippen LogP contribution < -0.4 is 11.5 Å². The number of alkyl halides is 6. The molecule has 2 saturated heterocycles. The van der Waals surface area contributed by atoms with Gasteiger partial charge in [0, 0.05) is 25.2 Å². The Kier molecular flexibility index (Phi) is 9.79. The minimum absolute atomic E-state index is 0.272. The number of nitrogens with zero attached hydrogens (tertiary/aromatic N) is 2. The minimum atomic E-state index is -4.25. The molecule has 4 N–H and O–H groups in total. The van der Waals surface area contributed by atoms with Crippen molar-refractivity contribution in [2.45, 2.75) is 63.2 Å². The lowest BCUT2D eigenvalue weighted by molar-refractivity contribution is -0.138. The van der Waals surface area contributed by atoms with Crippen molar-refractivity contribution in [1.29, 1.82) is 0 Å². The Morgan fingerprint density at radius 1 is 0.556 bits per heavy atom. The zero-order chi connectivity index (χ0) is 26.3. The third-order valence-electron chi connectivity index (χ3n) is 6.64. The van der Waals surface area contributed by atoms with Crippen LogP contribution >= 0.6 is 0 Å². The van der Waals surface area contributed by atoms with E-state index in [0.717, 1.165) is 87.3 Å². The van der Waals surface area contributed by atoms with Crippen molar-refractivity contribution in [2.75, 3.05) is 26.2 Å². The summed E-state index contributed by atoms with van der Waals surface area (Å²) in [5, 5.41) is 0. The van der Waals surface area contributed by atoms with Gasteiger partial charge in [0.25, 0.3) is 0 Å². The predicted molar refractivity (Wildman–Crippen MR) is 128 cm³/mol. The molecule has 0 radical (unpaired) electrons. The van der Waals surface area contributed by atoms with Crippen LogP contribution in [0.2, 0.25) is 0 Å². The molecule has 0 aromatic heterocycles. The summed E-state index contributed by atoms with van der Waals surface area (Å²) in [7, 11) is 0. The first-order chi connectivity index (χ1) is 16.9. The van der Waals surface area contributed by atoms with Crippen LogP contribution in [0.4, 0.5) is 26.3 Å². The molecule has 4 nitrogen and oxygen atoms in total. The molecule has 4 rings (SSSR count). The Morgan fingerprint density at radius 3 is 1.08 bits per heavy atom. The summed E-state index contributed by atoms with van der Waals surface area (Å²) in [6.07, 6.45) is -4.67. The van der Waals surface area contributed by atoms with Gasteiger partial charge in [0.05, 0.1) is 11.1 Å². The number of piperidine rings is 2. The van der Waals surface area contributed by atoms with Gasteiger partial charge in [-0.15, -0.1) is 0 Å². The van der Waals surface area contributed by atoms with Crippen molar-refractivity contribution in [3.63, 3.8) is 0 Å². The molecular formula is C26H34F6N4. The van der Waals surface area contributed by atoms with Crippen LogP contribution in [0.5, 0.6) is 0 Å². The number of hydrogen-bond acceptors (Lipinski definition) is 4. The smallest absolute Gasteiger partial charge is 0.328 e. The van der Waals surface area contributed by atoms with E-state index in [1.807, 2.05) is 0 Å². The first-order valence-corrected chi connectivity index (χ1v) is 12.2. The van der Waals surface area contributed by atoms with Crippen LogP contribution in [-0.2, 0) is 25.4 Å². The van der Waals surface area contributed by atoms with E-state index in [9.17, 15) is 26.3 Å². The van der Waals surface area contributed by atoms with E-state index in [4.69, 9.17) is 11.5 Å². The van der Waals surface area contributed by atoms with E-state index < -0.39 is 23.5 Å². The first kappa shape index (κ1) is 28.4. The van der Waals surface area contributed by atoms with E-state index in [1.165, 1.54) is 0 Å². The fraction of sp³-hybridized carbons (Fsp3) is 0.538. The molecule has 0 bridgehead atoms. The van der Waals surface area contributed by atoms with E-state index in [-0.39, 0.29) is 12.1 Å². The Labute approximate surface area is 208 Å². The molecule has 2 heterocycles. The van der Waals surface area contributed by atoms with Gasteiger partial charge in [-0.2, -0.15) is 26.3 Å². The zero-order valence-electron chi connectivity index (χ0n) is 20.2. The monoisotopic (exact) mass is 516 g/mol. The quantitative estimate of drug-likeness (QED) is 0.545. The van der Waals surface area contributed by atoms with Crippen LogP contribution in [0, 0.1) is 0 Å². The van der Waals surface area contributed by atoms with Crippen LogP contribution in [0.25, 0.3) is 0 Å². The SMILES string of the molecule is NC1CCN(Cc2ccc(C(F)(F)F)cc2)CC1.NC1CCN(Cc2ccc(C(F)(F)F)cc2)CC1. The average molecular weight is 517 g/mol. The Balaban J connectivity index is 0.000000201. The van der Waals surface area contributed by atoms with Crippen LogP contribution in [0.15, 0.2) is 48.5 Å². The predicted octanol–water partition coefficient (Wildman–Crippen LogP) is 5.26. The molecule has 2 aromatic carbocycles. The van der Waals surface area contributed by atoms with Gasteiger partial charge in [-0.05, 0) is 87.3 Å². The van der Waals surface area contributed by atoms with Crippen LogP contribution in [0.3, 0.4) is 0 Å². The highest BCUT2D eigenvalue weighted by Gasteiger charge is 2.31. The number of halogens is 6. The van der Waals surface area contributed by atoms with E-state index in [0.29, 0.717) is 13.1 Å². The molecule has 2 aliphatic rings. The molecule has 0 saturated carbocycles. The molecule has 2 fully saturated rings. The second kappa shape index (κ2) is 12.4. The lowest BCUT2D eigenvalue weighted by Gasteiger charge is -2.30. The van der Waals surface area contributed by atoms with Gasteiger partial charge in [-0.25, -0.2) is 0 Å². The molecule has 10 heteroatoms. The van der Waals surface area contributed by atoms with Crippen molar-refractivity contribution < 1.29 is 26.3 Å². The highest BCUT2D eigenvalue weighted by atomic mass is 19.4. The second-order valence-electron chi connectivity index (χ2n) is 9.62. The molecule has 2 aliphatic heterocycles. The molecule has 0 unspecified atom stereocenters. The molecule has 36 heavy (non-hydrogen) atoms. The molecule has 0 atom stereocenters. The summed E-state index contributed by atoms with van der Waals surface area (Å²) in [4.78, 5) is 4.46. The number of rotatable bonds is 4. The maximum atomic E-state index is 12.4. The summed E-state index contributed by atoms with van der Waals surface area (Å²) in [6, 6.07) is 11.3. The standard InChI is InChI=1S/2C13H17F3N2/c2*14-13(15,16)11-3-1-10(2-4-11)9-18-7-5-12(17)6-8-18/h2*1-4,12H,5-9,17H2. The third kappa shape index (κ3) is 9.06. The van der Waals surface area contributed by atoms with Crippen molar-refractivity contribution in [3.8, 4) is 0 Å². The molecule has 0 amide bonds. The van der Waals surface area contributed by atoms with Crippen LogP contribution in [-0.4, -0.2) is 48.1 Å². The Bertz CT molecular complexity index is 834. The topological polar surface area (TPSA) is 58.5 Å². The summed E-state index contributed by atoms with van der Waals surface area (Å²) < 4.78 is 74.4. The molecule has 0 spiro atoms. The second-order valence-corrected chi connectivity index (χ2v) is 9.62. The van der Waals surface area contributed by atoms with Gasteiger partial charge in [0.15, 0.2) is 0 Å². The maximum Gasteiger partial charge on any atom is 0.416 e. The average Bonchev–Trinajstić information content (AvgIpc) is 2.82. The number of benzene rings is 2. The third-order valence-corrected chi connectivity index (χ3v) is 6.64. The lowest BCUT2D eigenvalue weighted by Crippen LogP contribution is -2.39. The summed E-state index contributed by atoms with van der Waals surface area (Å²) in [6.45, 7) is 5.07. The summed E-state index contributed by atoms with van der Waals surface area (Å²) >= 11 is 0. The van der Waals surface area contributed by atoms with Crippen molar-refractivity contribution in [2.24, 2.45) is 11.5 Å². The molecular weight excluding hydrogens is 482 g/mol. The zero-order valence-corrected chi connectivity index (χ0v) is 20.2. The maximum absolute atomic E-state index is 12.4.